The molecule has 0 spiro atoms. The topological polar surface area (TPSA) is 0 Å². The molecule has 4 heteroatoms. The molecule has 0 aliphatic rings. The second kappa shape index (κ2) is 3.57. The molecule has 0 radical (unpaired) electrons. The third-order valence-electron chi connectivity index (χ3n) is 0. The number of hydrogen-bond donors (Lipinski definition) is 0. The van der Waals surface area contributed by atoms with Crippen molar-refractivity contribution in [3.8, 4) is 0 Å². The Balaban J connectivity index is 2.32. The monoisotopic (exact) mass is 331 g/mol. The molecule has 25 valence electrons. The van der Waals surface area contributed by atoms with Gasteiger partial charge in [-0.25, -0.2) is 0 Å². The summed E-state index contributed by atoms with van der Waals surface area (Å²) in [5, 5.41) is 0. The second-order valence-corrected chi connectivity index (χ2v) is 29.8. The normalized spacial score (nSPS) is 6.75. The zero-order valence-corrected chi connectivity index (χ0v) is 8.59. The average molecular weight is 333 g/mol. The molecular weight excluding hydrogens is 333 g/mol. The molecule has 0 aromatic heterocycles. The molecule has 0 aliphatic carbocycles. The molecule has 0 fully saturated rings. The van der Waals surface area contributed by atoms with Crippen LogP contribution in [0.2, 0.25) is 0 Å². The minimum atomic E-state index is -1.29. The third kappa shape index (κ3) is 8.83. The molecule has 0 nitrogen and oxygen atoms in total. The van der Waals surface area contributed by atoms with E-state index < -0.39 is 14.0 Å². The van der Waals surface area contributed by atoms with Gasteiger partial charge >= 0.3 is 52.8 Å². The van der Waals surface area contributed by atoms with Crippen LogP contribution >= 0.6 is 38.8 Å². The zero-order chi connectivity index (χ0) is 3.58. The van der Waals surface area contributed by atoms with Gasteiger partial charge in [0.2, 0.25) is 0 Å². The Bertz CT molecular complexity index is 12.8. The van der Waals surface area contributed by atoms with Crippen LogP contribution in [0.4, 0.5) is 0 Å². The van der Waals surface area contributed by atoms with Crippen LogP contribution in [0.15, 0.2) is 0 Å². The van der Waals surface area contributed by atoms with E-state index >= 15 is 0 Å². The van der Waals surface area contributed by atoms with Gasteiger partial charge in [-0.05, 0) is 0 Å². The van der Waals surface area contributed by atoms with Crippen molar-refractivity contribution < 1.29 is 14.0 Å². The van der Waals surface area contributed by atoms with Gasteiger partial charge in [-0.2, -0.15) is 0 Å². The Labute approximate surface area is 51.7 Å². The molecule has 0 unspecified atom stereocenters. The first-order valence-corrected chi connectivity index (χ1v) is 16.7. The summed E-state index contributed by atoms with van der Waals surface area (Å²) < 4.78 is 0. The average Bonchev–Trinajstić information content (AvgIpc) is 0.811. The van der Waals surface area contributed by atoms with Crippen molar-refractivity contribution in [2.24, 2.45) is 0 Å². The number of halogens is 3. The summed E-state index contributed by atoms with van der Waals surface area (Å²) in [6, 6.07) is 0. The summed E-state index contributed by atoms with van der Waals surface area (Å²) in [5.41, 5.74) is 0. The van der Waals surface area contributed by atoms with Crippen molar-refractivity contribution in [1.82, 2.24) is 0 Å². The van der Waals surface area contributed by atoms with Gasteiger partial charge < -0.3 is 0 Å². The fraction of sp³-hybridized carbons (Fsp3) is 0. The maximum absolute atomic E-state index is 5.37. The molecule has 0 heterocycles. The minimum absolute atomic E-state index is 1.29. The van der Waals surface area contributed by atoms with Gasteiger partial charge in [-0.15, -0.1) is 0 Å². The Morgan fingerprint density at radius 2 is 2.00 bits per heavy atom. The van der Waals surface area contributed by atoms with Crippen LogP contribution in [0.3, 0.4) is 0 Å². The van der Waals surface area contributed by atoms with Crippen LogP contribution in [-0.2, 0) is 14.0 Å². The van der Waals surface area contributed by atoms with Gasteiger partial charge in [0.25, 0.3) is 0 Å². The SMILES string of the molecule is [Cl][Zr]([Br])[I]. The molecule has 0 aliphatic heterocycles. The molecule has 0 bridgehead atoms. The van der Waals surface area contributed by atoms with Gasteiger partial charge in [0.1, 0.15) is 0 Å². The van der Waals surface area contributed by atoms with E-state index in [4.69, 9.17) is 8.51 Å². The van der Waals surface area contributed by atoms with Crippen LogP contribution in [0.1, 0.15) is 0 Å². The van der Waals surface area contributed by atoms with E-state index in [1.54, 1.807) is 0 Å². The van der Waals surface area contributed by atoms with E-state index in [0.29, 0.717) is 0 Å². The number of rotatable bonds is 0. The van der Waals surface area contributed by atoms with Crippen LogP contribution in [0, 0.1) is 0 Å². The molecule has 0 amide bonds. The first kappa shape index (κ1) is 6.38. The van der Waals surface area contributed by atoms with E-state index in [9.17, 15) is 0 Å². The molecule has 0 aromatic carbocycles. The van der Waals surface area contributed by atoms with Gasteiger partial charge in [-0.3, -0.25) is 0 Å². The van der Waals surface area contributed by atoms with Crippen LogP contribution < -0.4 is 0 Å². The summed E-state index contributed by atoms with van der Waals surface area (Å²) >= 11 is 4.15. The van der Waals surface area contributed by atoms with Crippen LogP contribution in [0.5, 0.6) is 0 Å². The van der Waals surface area contributed by atoms with Crippen LogP contribution in [-0.4, -0.2) is 0 Å². The van der Waals surface area contributed by atoms with Gasteiger partial charge in [0.05, 0.1) is 0 Å². The fourth-order valence-electron chi connectivity index (χ4n) is 0. The summed E-state index contributed by atoms with van der Waals surface area (Å²) in [6.45, 7) is 0. The van der Waals surface area contributed by atoms with E-state index in [0.717, 1.165) is 0 Å². The van der Waals surface area contributed by atoms with Crippen molar-refractivity contribution in [1.29, 1.82) is 0 Å². The predicted octanol–water partition coefficient (Wildman–Crippen LogP) is 2.42. The van der Waals surface area contributed by atoms with Gasteiger partial charge in [-0.1, -0.05) is 0 Å². The quantitative estimate of drug-likeness (QED) is 0.597. The van der Waals surface area contributed by atoms with E-state index in [2.05, 4.69) is 30.3 Å². The first-order valence-electron chi connectivity index (χ1n) is 0.567. The molecule has 0 N–H and O–H groups in total. The van der Waals surface area contributed by atoms with Crippen molar-refractivity contribution in [2.45, 2.75) is 0 Å². The van der Waals surface area contributed by atoms with E-state index in [1.807, 2.05) is 0 Å². The molecule has 4 heavy (non-hydrogen) atoms. The van der Waals surface area contributed by atoms with Crippen molar-refractivity contribution in [2.75, 3.05) is 0 Å². The van der Waals surface area contributed by atoms with Gasteiger partial charge in [0, 0.05) is 0 Å². The van der Waals surface area contributed by atoms with E-state index in [1.165, 1.54) is 0 Å². The summed E-state index contributed by atoms with van der Waals surface area (Å²) in [5.74, 6) is 0. The fourth-order valence-corrected chi connectivity index (χ4v) is 0. The van der Waals surface area contributed by atoms with Crippen molar-refractivity contribution in [3.63, 3.8) is 0 Å². The third-order valence-corrected chi connectivity index (χ3v) is 0. The first-order chi connectivity index (χ1) is 1.73. The summed E-state index contributed by atoms with van der Waals surface area (Å²) in [6.07, 6.45) is 0. The van der Waals surface area contributed by atoms with E-state index in [-0.39, 0.29) is 0 Å². The maximum atomic E-state index is 5.37. The van der Waals surface area contributed by atoms with Gasteiger partial charge in [0.15, 0.2) is 0 Å². The molecule has 0 atom stereocenters. The Kier molecular flexibility index (Phi) is 5.70. The predicted molar refractivity (Wildman–Crippen MR) is 28.8 cm³/mol. The second-order valence-electron chi connectivity index (χ2n) is 0.214. The molecule has 0 aromatic rings. The zero-order valence-electron chi connectivity index (χ0n) is 1.63. The summed E-state index contributed by atoms with van der Waals surface area (Å²) in [4.78, 5) is 0. The molecule has 0 saturated carbocycles. The van der Waals surface area contributed by atoms with Crippen LogP contribution in [0.25, 0.3) is 0 Å². The standard InChI is InChI=1S/BrH.ClH.HI.Zr/h3*1H;/q;;;+3/p-3. The molecule has 0 rings (SSSR count). The summed E-state index contributed by atoms with van der Waals surface area (Å²) in [7, 11) is 5.37. The molecular formula is BrClIZr. The Morgan fingerprint density at radius 1 is 2.00 bits per heavy atom. The number of hydrogen-bond acceptors (Lipinski definition) is 0. The Hall–Kier alpha value is 2.38. The molecule has 0 saturated heterocycles. The van der Waals surface area contributed by atoms with Crippen molar-refractivity contribution in [3.05, 3.63) is 0 Å². The Morgan fingerprint density at radius 3 is 2.00 bits per heavy atom. The van der Waals surface area contributed by atoms with Crippen molar-refractivity contribution >= 4 is 38.8 Å².